The van der Waals surface area contributed by atoms with Gasteiger partial charge in [0, 0.05) is 47.4 Å². The fraction of sp³-hybridized carbons (Fsp3) is 0.909. The summed E-state index contributed by atoms with van der Waals surface area (Å²) in [5, 5.41) is 0. The smallest absolute Gasteiger partial charge is 0.293 e. The quantitative estimate of drug-likeness (QED) is 0.355. The first kappa shape index (κ1) is 14.4. The third-order valence-electron chi connectivity index (χ3n) is 3.26. The highest BCUT2D eigenvalue weighted by Crippen LogP contribution is 2.28. The maximum absolute atomic E-state index is 10.1. The van der Waals surface area contributed by atoms with Crippen LogP contribution in [0.15, 0.2) is 0 Å². The van der Waals surface area contributed by atoms with Crippen molar-refractivity contribution in [3.8, 4) is 0 Å². The minimum atomic E-state index is -0.670. The van der Waals surface area contributed by atoms with Crippen molar-refractivity contribution in [1.29, 1.82) is 0 Å². The zero-order chi connectivity index (χ0) is 12.7. The molecule has 0 spiro atoms. The van der Waals surface area contributed by atoms with E-state index in [9.17, 15) is 4.79 Å². The number of carbonyl (C=O) groups is 1. The van der Waals surface area contributed by atoms with E-state index >= 15 is 0 Å². The Morgan fingerprint density at radius 2 is 2.06 bits per heavy atom. The van der Waals surface area contributed by atoms with Crippen LogP contribution in [-0.2, 0) is 23.7 Å². The Morgan fingerprint density at radius 1 is 1.35 bits per heavy atom. The molecular formula is C11H21NO5. The van der Waals surface area contributed by atoms with Crippen LogP contribution in [0.3, 0.4) is 0 Å². The zero-order valence-corrected chi connectivity index (χ0v) is 10.7. The summed E-state index contributed by atoms with van der Waals surface area (Å²) in [4.78, 5) is 12.2. The molecule has 0 aromatic rings. The lowest BCUT2D eigenvalue weighted by atomic mass is 10.00. The second-order valence-corrected chi connectivity index (χ2v) is 3.96. The highest BCUT2D eigenvalue weighted by atomic mass is 16.7. The van der Waals surface area contributed by atoms with Crippen LogP contribution in [-0.4, -0.2) is 70.8 Å². The number of rotatable bonds is 7. The van der Waals surface area contributed by atoms with Crippen LogP contribution in [0.4, 0.5) is 0 Å². The normalized spacial score (nSPS) is 24.5. The lowest BCUT2D eigenvalue weighted by Gasteiger charge is -2.44. The minimum absolute atomic E-state index is 0.150. The van der Waals surface area contributed by atoms with Gasteiger partial charge in [0.2, 0.25) is 0 Å². The summed E-state index contributed by atoms with van der Waals surface area (Å²) in [6.45, 7) is 3.07. The fourth-order valence-corrected chi connectivity index (χ4v) is 2.18. The first-order chi connectivity index (χ1) is 8.22. The second kappa shape index (κ2) is 6.90. The van der Waals surface area contributed by atoms with Gasteiger partial charge < -0.3 is 18.9 Å². The lowest BCUT2D eigenvalue weighted by molar-refractivity contribution is -0.284. The topological polar surface area (TPSA) is 57.2 Å². The van der Waals surface area contributed by atoms with Crippen molar-refractivity contribution < 1.29 is 23.7 Å². The summed E-state index contributed by atoms with van der Waals surface area (Å²) in [6, 6.07) is 0. The fourth-order valence-electron chi connectivity index (χ4n) is 2.18. The molecule has 0 N–H and O–H groups in total. The Balaban J connectivity index is 2.50. The van der Waals surface area contributed by atoms with E-state index in [0.29, 0.717) is 26.2 Å². The van der Waals surface area contributed by atoms with Crippen LogP contribution in [0.2, 0.25) is 0 Å². The Bertz CT molecular complexity index is 232. The van der Waals surface area contributed by atoms with Gasteiger partial charge in [0.05, 0.1) is 0 Å². The van der Waals surface area contributed by atoms with Gasteiger partial charge in [0.15, 0.2) is 5.79 Å². The van der Waals surface area contributed by atoms with Crippen LogP contribution in [0, 0.1) is 0 Å². The molecule has 6 heteroatoms. The summed E-state index contributed by atoms with van der Waals surface area (Å²) in [5.41, 5.74) is 0. The molecule has 17 heavy (non-hydrogen) atoms. The number of hydrogen-bond donors (Lipinski definition) is 0. The summed E-state index contributed by atoms with van der Waals surface area (Å²) in [6.07, 6.45) is 0.571. The average molecular weight is 247 g/mol. The molecule has 1 aliphatic heterocycles. The van der Waals surface area contributed by atoms with Crippen molar-refractivity contribution in [2.75, 3.05) is 47.6 Å². The second-order valence-electron chi connectivity index (χ2n) is 3.96. The molecule has 1 fully saturated rings. The Morgan fingerprint density at radius 3 is 2.59 bits per heavy atom. The average Bonchev–Trinajstić information content (AvgIpc) is 2.39. The number of nitrogens with zero attached hydrogens (tertiary/aromatic N) is 1. The van der Waals surface area contributed by atoms with Gasteiger partial charge >= 0.3 is 0 Å². The van der Waals surface area contributed by atoms with E-state index in [1.807, 2.05) is 0 Å². The Kier molecular flexibility index (Phi) is 5.84. The molecule has 1 aliphatic rings. The molecule has 0 bridgehead atoms. The molecule has 1 heterocycles. The molecule has 1 unspecified atom stereocenters. The van der Waals surface area contributed by atoms with Crippen molar-refractivity contribution in [3.63, 3.8) is 0 Å². The van der Waals surface area contributed by atoms with Gasteiger partial charge in [-0.2, -0.15) is 0 Å². The van der Waals surface area contributed by atoms with E-state index in [-0.39, 0.29) is 6.10 Å². The number of piperidine rings is 1. The number of hydrogen-bond acceptors (Lipinski definition) is 6. The monoisotopic (exact) mass is 247 g/mol. The van der Waals surface area contributed by atoms with Gasteiger partial charge in [0.1, 0.15) is 12.7 Å². The van der Waals surface area contributed by atoms with Crippen LogP contribution < -0.4 is 0 Å². The molecule has 1 rings (SSSR count). The Hall–Kier alpha value is -0.690. The summed E-state index contributed by atoms with van der Waals surface area (Å²) in [5.74, 6) is -0.670. The largest absolute Gasteiger partial charge is 0.467 e. The molecule has 1 atom stereocenters. The lowest BCUT2D eigenvalue weighted by Crippen LogP contribution is -2.58. The predicted molar refractivity (Wildman–Crippen MR) is 60.6 cm³/mol. The van der Waals surface area contributed by atoms with Gasteiger partial charge in [-0.3, -0.25) is 9.69 Å². The molecule has 0 radical (unpaired) electrons. The minimum Gasteiger partial charge on any atom is -0.467 e. The van der Waals surface area contributed by atoms with E-state index < -0.39 is 5.79 Å². The summed E-state index contributed by atoms with van der Waals surface area (Å²) < 4.78 is 21.0. The highest BCUT2D eigenvalue weighted by molar-refractivity contribution is 5.36. The molecule has 0 aliphatic carbocycles. The van der Waals surface area contributed by atoms with E-state index in [4.69, 9.17) is 14.2 Å². The van der Waals surface area contributed by atoms with E-state index in [1.54, 1.807) is 21.3 Å². The molecule has 6 nitrogen and oxygen atoms in total. The van der Waals surface area contributed by atoms with E-state index in [2.05, 4.69) is 9.64 Å². The molecule has 0 amide bonds. The van der Waals surface area contributed by atoms with Gasteiger partial charge in [-0.25, -0.2) is 0 Å². The van der Waals surface area contributed by atoms with Gasteiger partial charge in [0.25, 0.3) is 6.47 Å². The molecular weight excluding hydrogens is 226 g/mol. The maximum Gasteiger partial charge on any atom is 0.293 e. The molecule has 0 aromatic carbocycles. The van der Waals surface area contributed by atoms with Crippen LogP contribution >= 0.6 is 0 Å². The number of carbonyl (C=O) groups excluding carboxylic acids is 1. The van der Waals surface area contributed by atoms with Crippen molar-refractivity contribution in [2.24, 2.45) is 0 Å². The van der Waals surface area contributed by atoms with Crippen LogP contribution in [0.5, 0.6) is 0 Å². The number of likely N-dealkylation sites (tertiary alicyclic amines) is 1. The summed E-state index contributed by atoms with van der Waals surface area (Å²) >= 11 is 0. The van der Waals surface area contributed by atoms with Crippen molar-refractivity contribution in [1.82, 2.24) is 4.90 Å². The molecule has 0 saturated carbocycles. The Labute approximate surface area is 102 Å². The predicted octanol–water partition coefficient (Wildman–Crippen LogP) is -0.131. The van der Waals surface area contributed by atoms with Crippen LogP contribution in [0.1, 0.15) is 6.42 Å². The molecule has 100 valence electrons. The SMILES string of the molecule is COC1CN(CCOC=O)CCC1(OC)OC. The maximum atomic E-state index is 10.1. The summed E-state index contributed by atoms with van der Waals surface area (Å²) in [7, 11) is 4.89. The first-order valence-corrected chi connectivity index (χ1v) is 5.63. The molecule has 1 saturated heterocycles. The highest BCUT2D eigenvalue weighted by Gasteiger charge is 2.44. The van der Waals surface area contributed by atoms with Gasteiger partial charge in [-0.1, -0.05) is 0 Å². The van der Waals surface area contributed by atoms with Crippen molar-refractivity contribution >= 4 is 6.47 Å². The van der Waals surface area contributed by atoms with E-state index in [0.717, 1.165) is 13.0 Å². The standard InChI is InChI=1S/C11H21NO5/c1-14-10-8-12(6-7-17-9-13)5-4-11(10,15-2)16-3/h9-10H,4-8H2,1-3H3. The van der Waals surface area contributed by atoms with Gasteiger partial charge in [-0.05, 0) is 0 Å². The number of methoxy groups -OCH3 is 3. The third-order valence-corrected chi connectivity index (χ3v) is 3.26. The number of ether oxygens (including phenoxy) is 4. The first-order valence-electron chi connectivity index (χ1n) is 5.63. The van der Waals surface area contributed by atoms with Crippen molar-refractivity contribution in [3.05, 3.63) is 0 Å². The van der Waals surface area contributed by atoms with Crippen LogP contribution in [0.25, 0.3) is 0 Å². The van der Waals surface area contributed by atoms with Gasteiger partial charge in [-0.15, -0.1) is 0 Å². The van der Waals surface area contributed by atoms with E-state index in [1.165, 1.54) is 0 Å². The third kappa shape index (κ3) is 3.38. The zero-order valence-electron chi connectivity index (χ0n) is 10.7. The molecule has 0 aromatic heterocycles. The van der Waals surface area contributed by atoms with Crippen molar-refractivity contribution in [2.45, 2.75) is 18.3 Å².